The molecule has 10 heavy (non-hydrogen) atoms. The van der Waals surface area contributed by atoms with Crippen LogP contribution < -0.4 is 0 Å². The Balaban J connectivity index is 2.86. The van der Waals surface area contributed by atoms with E-state index in [1.54, 1.807) is 17.5 Å². The first-order chi connectivity index (χ1) is 4.86. The largest absolute Gasteiger partial charge is 0.244 e. The third-order valence-corrected chi connectivity index (χ3v) is 2.39. The van der Waals surface area contributed by atoms with Crippen LogP contribution in [-0.4, -0.2) is 4.98 Å². The second-order valence-electron chi connectivity index (χ2n) is 1.97. The highest BCUT2D eigenvalue weighted by Gasteiger charge is 1.94. The highest BCUT2D eigenvalue weighted by Crippen LogP contribution is 2.21. The van der Waals surface area contributed by atoms with Gasteiger partial charge in [-0.1, -0.05) is 11.6 Å². The van der Waals surface area contributed by atoms with Gasteiger partial charge in [-0.2, -0.15) is 0 Å². The molecule has 0 N–H and O–H groups in total. The van der Waals surface area contributed by atoms with Gasteiger partial charge in [0.2, 0.25) is 0 Å². The number of nitrogens with zero attached hydrogens (tertiary/aromatic N) is 1. The van der Waals surface area contributed by atoms with Crippen molar-refractivity contribution in [2.24, 2.45) is 0 Å². The standard InChI is InChI=1S/C7H4ClNS/c8-7-3-6-5(4-9-7)1-2-10-6/h1-4H. The minimum atomic E-state index is 0.565. The second kappa shape index (κ2) is 2.22. The Hall–Kier alpha value is -0.600. The Morgan fingerprint density at radius 1 is 1.50 bits per heavy atom. The minimum Gasteiger partial charge on any atom is -0.244 e. The number of hydrogen-bond donors (Lipinski definition) is 0. The highest BCUT2D eigenvalue weighted by molar-refractivity contribution is 7.17. The Bertz CT molecular complexity index is 355. The molecule has 50 valence electrons. The van der Waals surface area contributed by atoms with Crippen molar-refractivity contribution in [3.05, 3.63) is 28.9 Å². The van der Waals surface area contributed by atoms with Crippen LogP contribution >= 0.6 is 22.9 Å². The monoisotopic (exact) mass is 169 g/mol. The van der Waals surface area contributed by atoms with Gasteiger partial charge in [-0.3, -0.25) is 0 Å². The van der Waals surface area contributed by atoms with Crippen LogP contribution in [0.4, 0.5) is 0 Å². The summed E-state index contributed by atoms with van der Waals surface area (Å²) in [5.41, 5.74) is 0. The van der Waals surface area contributed by atoms with E-state index in [0.29, 0.717) is 5.15 Å². The fourth-order valence-corrected chi connectivity index (χ4v) is 1.85. The molecule has 0 saturated carbocycles. The molecule has 2 aromatic rings. The van der Waals surface area contributed by atoms with Crippen molar-refractivity contribution < 1.29 is 0 Å². The van der Waals surface area contributed by atoms with E-state index in [-0.39, 0.29) is 0 Å². The summed E-state index contributed by atoms with van der Waals surface area (Å²) < 4.78 is 1.19. The van der Waals surface area contributed by atoms with Crippen LogP contribution in [0.15, 0.2) is 23.7 Å². The molecule has 0 unspecified atom stereocenters. The van der Waals surface area contributed by atoms with E-state index in [1.165, 1.54) is 4.70 Å². The topological polar surface area (TPSA) is 12.9 Å². The van der Waals surface area contributed by atoms with Crippen LogP contribution in [0.3, 0.4) is 0 Å². The molecule has 0 amide bonds. The van der Waals surface area contributed by atoms with Gasteiger partial charge in [-0.05, 0) is 17.5 Å². The molecule has 0 bridgehead atoms. The number of hydrogen-bond acceptors (Lipinski definition) is 2. The first kappa shape index (κ1) is 6.13. The summed E-state index contributed by atoms with van der Waals surface area (Å²) >= 11 is 7.35. The van der Waals surface area contributed by atoms with Crippen LogP contribution in [0.5, 0.6) is 0 Å². The summed E-state index contributed by atoms with van der Waals surface area (Å²) in [4.78, 5) is 3.95. The molecule has 0 aliphatic rings. The SMILES string of the molecule is Clc1cc2sccc2cn1. The molecule has 0 aliphatic carbocycles. The fourth-order valence-electron chi connectivity index (χ4n) is 0.831. The summed E-state index contributed by atoms with van der Waals surface area (Å²) in [6.45, 7) is 0. The van der Waals surface area contributed by atoms with Crippen LogP contribution in [0, 0.1) is 0 Å². The Morgan fingerprint density at radius 3 is 3.30 bits per heavy atom. The molecule has 0 fully saturated rings. The molecule has 2 heterocycles. The summed E-state index contributed by atoms with van der Waals surface area (Å²) in [5, 5.41) is 3.76. The average Bonchev–Trinajstić information content (AvgIpc) is 2.33. The van der Waals surface area contributed by atoms with Crippen molar-refractivity contribution in [1.29, 1.82) is 0 Å². The van der Waals surface area contributed by atoms with E-state index in [4.69, 9.17) is 11.6 Å². The van der Waals surface area contributed by atoms with E-state index in [9.17, 15) is 0 Å². The predicted molar refractivity (Wildman–Crippen MR) is 44.6 cm³/mol. The third-order valence-electron chi connectivity index (χ3n) is 1.30. The molecule has 2 rings (SSSR count). The third kappa shape index (κ3) is 0.895. The van der Waals surface area contributed by atoms with Crippen LogP contribution in [0.2, 0.25) is 5.15 Å². The van der Waals surface area contributed by atoms with E-state index < -0.39 is 0 Å². The lowest BCUT2D eigenvalue weighted by atomic mass is 10.4. The zero-order valence-corrected chi connectivity index (χ0v) is 6.62. The minimum absolute atomic E-state index is 0.565. The fraction of sp³-hybridized carbons (Fsp3) is 0. The van der Waals surface area contributed by atoms with Gasteiger partial charge in [-0.15, -0.1) is 11.3 Å². The molecule has 1 nitrogen and oxygen atoms in total. The molecular formula is C7H4ClNS. The number of fused-ring (bicyclic) bond motifs is 1. The van der Waals surface area contributed by atoms with Gasteiger partial charge in [0.1, 0.15) is 5.15 Å². The van der Waals surface area contributed by atoms with Crippen LogP contribution in [-0.2, 0) is 0 Å². The van der Waals surface area contributed by atoms with Gasteiger partial charge in [0.25, 0.3) is 0 Å². The first-order valence-corrected chi connectivity index (χ1v) is 4.11. The lowest BCUT2D eigenvalue weighted by Crippen LogP contribution is -1.69. The van der Waals surface area contributed by atoms with Crippen LogP contribution in [0.25, 0.3) is 10.1 Å². The van der Waals surface area contributed by atoms with Gasteiger partial charge in [-0.25, -0.2) is 4.98 Å². The molecule has 0 aliphatic heterocycles. The van der Waals surface area contributed by atoms with E-state index in [2.05, 4.69) is 4.98 Å². The molecule has 0 aromatic carbocycles. The lowest BCUT2D eigenvalue weighted by Gasteiger charge is -1.87. The number of pyridine rings is 1. The highest BCUT2D eigenvalue weighted by atomic mass is 35.5. The van der Waals surface area contributed by atoms with Crippen LogP contribution in [0.1, 0.15) is 0 Å². The van der Waals surface area contributed by atoms with Gasteiger partial charge in [0, 0.05) is 16.3 Å². The maximum atomic E-state index is 5.67. The molecule has 2 aromatic heterocycles. The Morgan fingerprint density at radius 2 is 2.40 bits per heavy atom. The zero-order valence-electron chi connectivity index (χ0n) is 5.04. The van der Waals surface area contributed by atoms with Crippen molar-refractivity contribution in [2.45, 2.75) is 0 Å². The predicted octanol–water partition coefficient (Wildman–Crippen LogP) is 2.95. The van der Waals surface area contributed by atoms with Gasteiger partial charge in [0.05, 0.1) is 0 Å². The first-order valence-electron chi connectivity index (χ1n) is 2.85. The number of thiophene rings is 1. The molecule has 0 atom stereocenters. The van der Waals surface area contributed by atoms with E-state index in [0.717, 1.165) is 5.39 Å². The zero-order chi connectivity index (χ0) is 6.97. The molecule has 0 saturated heterocycles. The lowest BCUT2D eigenvalue weighted by molar-refractivity contribution is 1.37. The average molecular weight is 170 g/mol. The van der Waals surface area contributed by atoms with Gasteiger partial charge in [0.15, 0.2) is 0 Å². The molecule has 3 heteroatoms. The summed E-state index contributed by atoms with van der Waals surface area (Å²) in [6.07, 6.45) is 1.79. The van der Waals surface area contributed by atoms with Crippen molar-refractivity contribution in [3.63, 3.8) is 0 Å². The summed E-state index contributed by atoms with van der Waals surface area (Å²) in [7, 11) is 0. The smallest absolute Gasteiger partial charge is 0.130 e. The second-order valence-corrected chi connectivity index (χ2v) is 3.30. The van der Waals surface area contributed by atoms with Crippen molar-refractivity contribution in [1.82, 2.24) is 4.98 Å². The Labute approximate surface area is 67.3 Å². The molecule has 0 radical (unpaired) electrons. The number of rotatable bonds is 0. The summed E-state index contributed by atoms with van der Waals surface area (Å²) in [6, 6.07) is 3.91. The van der Waals surface area contributed by atoms with Gasteiger partial charge < -0.3 is 0 Å². The molecular weight excluding hydrogens is 166 g/mol. The van der Waals surface area contributed by atoms with Crippen molar-refractivity contribution in [2.75, 3.05) is 0 Å². The van der Waals surface area contributed by atoms with E-state index >= 15 is 0 Å². The maximum Gasteiger partial charge on any atom is 0.130 e. The Kier molecular flexibility index (Phi) is 1.36. The van der Waals surface area contributed by atoms with Gasteiger partial charge >= 0.3 is 0 Å². The number of halogens is 1. The van der Waals surface area contributed by atoms with Crippen molar-refractivity contribution >= 4 is 33.0 Å². The van der Waals surface area contributed by atoms with E-state index in [1.807, 2.05) is 17.5 Å². The maximum absolute atomic E-state index is 5.67. The molecule has 0 spiro atoms. The van der Waals surface area contributed by atoms with Crippen molar-refractivity contribution in [3.8, 4) is 0 Å². The summed E-state index contributed by atoms with van der Waals surface area (Å²) in [5.74, 6) is 0. The number of aromatic nitrogens is 1. The quantitative estimate of drug-likeness (QED) is 0.553. The normalized spacial score (nSPS) is 10.5.